The van der Waals surface area contributed by atoms with Gasteiger partial charge in [0.05, 0.1) is 17.7 Å². The molecule has 0 saturated heterocycles. The van der Waals surface area contributed by atoms with E-state index in [9.17, 15) is 14.4 Å². The van der Waals surface area contributed by atoms with Crippen LogP contribution in [0.1, 0.15) is 42.7 Å². The van der Waals surface area contributed by atoms with Crippen molar-refractivity contribution in [3.8, 4) is 11.4 Å². The van der Waals surface area contributed by atoms with Gasteiger partial charge in [0.25, 0.3) is 11.5 Å². The van der Waals surface area contributed by atoms with Crippen LogP contribution in [0.25, 0.3) is 27.2 Å². The summed E-state index contributed by atoms with van der Waals surface area (Å²) < 4.78 is 12.1. The van der Waals surface area contributed by atoms with E-state index in [4.69, 9.17) is 9.47 Å². The average molecular weight is 542 g/mol. The number of hydrogen-bond donors (Lipinski definition) is 1. The van der Waals surface area contributed by atoms with Crippen LogP contribution in [0, 0.1) is 0 Å². The lowest BCUT2D eigenvalue weighted by molar-refractivity contribution is -0.118. The van der Waals surface area contributed by atoms with Crippen LogP contribution in [-0.4, -0.2) is 34.9 Å². The van der Waals surface area contributed by atoms with Gasteiger partial charge in [-0.25, -0.2) is 4.79 Å². The average Bonchev–Trinajstić information content (AvgIpc) is 3.36. The van der Waals surface area contributed by atoms with Crippen LogP contribution in [0.5, 0.6) is 5.75 Å². The topological polar surface area (TPSA) is 99.5 Å². The fourth-order valence-corrected chi connectivity index (χ4v) is 5.19. The molecule has 2 aromatic heterocycles. The summed E-state index contributed by atoms with van der Waals surface area (Å²) in [6, 6.07) is 20.9. The third-order valence-corrected chi connectivity index (χ3v) is 7.16. The van der Waals surface area contributed by atoms with Crippen molar-refractivity contribution in [2.24, 2.45) is 0 Å². The van der Waals surface area contributed by atoms with E-state index in [1.54, 1.807) is 30.5 Å². The normalized spacial score (nSPS) is 11.2. The highest BCUT2D eigenvalue weighted by Gasteiger charge is 2.23. The first-order chi connectivity index (χ1) is 18.9. The Kier molecular flexibility index (Phi) is 7.42. The van der Waals surface area contributed by atoms with Crippen molar-refractivity contribution >= 4 is 49.8 Å². The zero-order chi connectivity index (χ0) is 27.5. The number of benzene rings is 3. The Balaban J connectivity index is 1.46. The number of fused-ring (bicyclic) bond motifs is 2. The number of rotatable bonds is 8. The zero-order valence-corrected chi connectivity index (χ0v) is 22.6. The fourth-order valence-electron chi connectivity index (χ4n) is 4.24. The first kappa shape index (κ1) is 26.1. The Morgan fingerprint density at radius 2 is 1.77 bits per heavy atom. The molecule has 0 aliphatic carbocycles. The second-order valence-electron chi connectivity index (χ2n) is 9.23. The van der Waals surface area contributed by atoms with Crippen molar-refractivity contribution in [1.29, 1.82) is 0 Å². The van der Waals surface area contributed by atoms with Gasteiger partial charge in [0.15, 0.2) is 12.3 Å². The number of ether oxygens (including phenoxy) is 2. The van der Waals surface area contributed by atoms with Crippen molar-refractivity contribution in [3.63, 3.8) is 0 Å². The Morgan fingerprint density at radius 1 is 1.03 bits per heavy atom. The molecule has 1 N–H and O–H groups in total. The summed E-state index contributed by atoms with van der Waals surface area (Å²) in [5, 5.41) is 11.6. The number of anilines is 1. The molecule has 0 radical (unpaired) electrons. The molecule has 5 aromatic rings. The van der Waals surface area contributed by atoms with E-state index in [2.05, 4.69) is 24.3 Å². The Hall–Kier alpha value is -4.50. The lowest BCUT2D eigenvalue weighted by atomic mass is 10.0. The standard InChI is InChI=1S/C30H27N3O5S/c1-4-37-30(36)27-24-17-39-28(26(24)29(35)33(32-27)22-12-9-19(10-13-22)18(2)3)31-25(34)16-38-23-14-11-20-7-5-6-8-21(20)15-23/h5-15,17-18H,4,16H2,1-3H3,(H,31,34). The number of aromatic nitrogens is 2. The van der Waals surface area contributed by atoms with E-state index in [-0.39, 0.29) is 24.3 Å². The van der Waals surface area contributed by atoms with E-state index in [1.807, 2.05) is 48.5 Å². The highest BCUT2D eigenvalue weighted by atomic mass is 32.1. The monoisotopic (exact) mass is 541 g/mol. The first-order valence-corrected chi connectivity index (χ1v) is 13.5. The zero-order valence-electron chi connectivity index (χ0n) is 21.8. The van der Waals surface area contributed by atoms with Gasteiger partial charge in [-0.05, 0) is 53.4 Å². The van der Waals surface area contributed by atoms with Gasteiger partial charge in [-0.3, -0.25) is 9.59 Å². The van der Waals surface area contributed by atoms with Crippen molar-refractivity contribution in [2.75, 3.05) is 18.5 Å². The molecule has 5 rings (SSSR count). The summed E-state index contributed by atoms with van der Waals surface area (Å²) in [5.41, 5.74) is 1.15. The largest absolute Gasteiger partial charge is 0.484 e. The van der Waals surface area contributed by atoms with Crippen molar-refractivity contribution < 1.29 is 19.1 Å². The Morgan fingerprint density at radius 3 is 2.49 bits per heavy atom. The van der Waals surface area contributed by atoms with Crippen molar-refractivity contribution in [3.05, 3.63) is 93.7 Å². The summed E-state index contributed by atoms with van der Waals surface area (Å²) in [4.78, 5) is 39.2. The van der Waals surface area contributed by atoms with E-state index in [0.29, 0.717) is 27.7 Å². The number of nitrogens with zero attached hydrogens (tertiary/aromatic N) is 2. The molecule has 3 aromatic carbocycles. The summed E-state index contributed by atoms with van der Waals surface area (Å²) in [7, 11) is 0. The maximum atomic E-state index is 13.6. The van der Waals surface area contributed by atoms with Crippen LogP contribution in [0.3, 0.4) is 0 Å². The molecular formula is C30H27N3O5S. The SMILES string of the molecule is CCOC(=O)c1nn(-c2ccc(C(C)C)cc2)c(=O)c2c(NC(=O)COc3ccc4ccccc4c3)scc12. The molecule has 0 aliphatic rings. The quantitative estimate of drug-likeness (QED) is 0.245. The minimum Gasteiger partial charge on any atom is -0.484 e. The molecule has 1 amide bonds. The summed E-state index contributed by atoms with van der Waals surface area (Å²) >= 11 is 1.14. The van der Waals surface area contributed by atoms with E-state index >= 15 is 0 Å². The molecule has 0 saturated carbocycles. The van der Waals surface area contributed by atoms with Crippen molar-refractivity contribution in [2.45, 2.75) is 26.7 Å². The molecule has 39 heavy (non-hydrogen) atoms. The van der Waals surface area contributed by atoms with Crippen molar-refractivity contribution in [1.82, 2.24) is 9.78 Å². The number of carbonyl (C=O) groups is 2. The number of amides is 1. The number of nitrogens with one attached hydrogen (secondary N) is 1. The van der Waals surface area contributed by atoms with Gasteiger partial charge in [-0.15, -0.1) is 11.3 Å². The lowest BCUT2D eigenvalue weighted by Gasteiger charge is -2.11. The maximum Gasteiger partial charge on any atom is 0.359 e. The molecule has 0 spiro atoms. The van der Waals surface area contributed by atoms with Gasteiger partial charge >= 0.3 is 5.97 Å². The van der Waals surface area contributed by atoms with Gasteiger partial charge in [0.2, 0.25) is 0 Å². The molecule has 0 bridgehead atoms. The van der Waals surface area contributed by atoms with Gasteiger partial charge in [0, 0.05) is 10.8 Å². The number of esters is 1. The minimum absolute atomic E-state index is 0.00329. The van der Waals surface area contributed by atoms with E-state index < -0.39 is 17.4 Å². The fraction of sp³-hybridized carbons (Fsp3) is 0.200. The summed E-state index contributed by atoms with van der Waals surface area (Å²) in [6.07, 6.45) is 0. The molecule has 9 heteroatoms. The molecule has 0 atom stereocenters. The lowest BCUT2D eigenvalue weighted by Crippen LogP contribution is -2.26. The third-order valence-electron chi connectivity index (χ3n) is 6.27. The highest BCUT2D eigenvalue weighted by molar-refractivity contribution is 7.16. The van der Waals surface area contributed by atoms with Crippen LogP contribution >= 0.6 is 11.3 Å². The van der Waals surface area contributed by atoms with E-state index in [0.717, 1.165) is 27.7 Å². The summed E-state index contributed by atoms with van der Waals surface area (Å²) in [6.45, 7) is 5.76. The van der Waals surface area contributed by atoms with Crippen LogP contribution in [0.15, 0.2) is 76.9 Å². The van der Waals surface area contributed by atoms with Gasteiger partial charge < -0.3 is 14.8 Å². The van der Waals surface area contributed by atoms with Crippen LogP contribution < -0.4 is 15.6 Å². The molecule has 8 nitrogen and oxygen atoms in total. The maximum absolute atomic E-state index is 13.6. The van der Waals surface area contributed by atoms with Gasteiger partial charge in [-0.2, -0.15) is 9.78 Å². The Labute approximate surface area is 228 Å². The van der Waals surface area contributed by atoms with E-state index in [1.165, 1.54) is 4.68 Å². The molecule has 198 valence electrons. The number of thiophene rings is 1. The molecule has 0 fully saturated rings. The molecule has 0 aliphatic heterocycles. The number of carbonyl (C=O) groups excluding carboxylic acids is 2. The van der Waals surface area contributed by atoms with Gasteiger partial charge in [-0.1, -0.05) is 56.3 Å². The summed E-state index contributed by atoms with van der Waals surface area (Å²) in [5.74, 6) is -0.211. The molecule has 0 unspecified atom stereocenters. The highest BCUT2D eigenvalue weighted by Crippen LogP contribution is 2.31. The van der Waals surface area contributed by atoms with Crippen LogP contribution in [0.4, 0.5) is 5.00 Å². The van der Waals surface area contributed by atoms with Gasteiger partial charge in [0.1, 0.15) is 10.8 Å². The predicted molar refractivity (Wildman–Crippen MR) is 153 cm³/mol. The third kappa shape index (κ3) is 5.39. The van der Waals surface area contributed by atoms with Crippen LogP contribution in [0.2, 0.25) is 0 Å². The molecular weight excluding hydrogens is 514 g/mol. The molecule has 2 heterocycles. The second kappa shape index (κ2) is 11.1. The Bertz CT molecular complexity index is 1740. The van der Waals surface area contributed by atoms with Crippen LogP contribution in [-0.2, 0) is 9.53 Å². The minimum atomic E-state index is -0.648. The first-order valence-electron chi connectivity index (χ1n) is 12.6. The smallest absolute Gasteiger partial charge is 0.359 e. The predicted octanol–water partition coefficient (Wildman–Crippen LogP) is 5.92. The second-order valence-corrected chi connectivity index (χ2v) is 10.1. The number of hydrogen-bond acceptors (Lipinski definition) is 7.